The lowest BCUT2D eigenvalue weighted by atomic mass is 10.2. The van der Waals surface area contributed by atoms with Gasteiger partial charge in [0.05, 0.1) is 6.21 Å². The monoisotopic (exact) mass is 408 g/mol. The van der Waals surface area contributed by atoms with Crippen LogP contribution in [0.5, 0.6) is 0 Å². The molecule has 3 rings (SSSR count). The Labute approximate surface area is 174 Å². The summed E-state index contributed by atoms with van der Waals surface area (Å²) in [7, 11) is 0. The summed E-state index contributed by atoms with van der Waals surface area (Å²) in [5, 5.41) is 6.94. The number of anilines is 1. The number of hydrogen-bond donors (Lipinski definition) is 2. The van der Waals surface area contributed by atoms with E-state index in [9.17, 15) is 9.59 Å². The Morgan fingerprint density at radius 3 is 2.28 bits per heavy atom. The van der Waals surface area contributed by atoms with Crippen molar-refractivity contribution in [3.63, 3.8) is 0 Å². The Morgan fingerprint density at radius 2 is 1.62 bits per heavy atom. The molecule has 7 heteroatoms. The van der Waals surface area contributed by atoms with E-state index >= 15 is 0 Å². The molecule has 0 saturated heterocycles. The molecule has 0 unspecified atom stereocenters. The molecule has 1 aromatic heterocycles. The highest BCUT2D eigenvalue weighted by atomic mass is 35.5. The van der Waals surface area contributed by atoms with Crippen molar-refractivity contribution < 1.29 is 9.59 Å². The van der Waals surface area contributed by atoms with Crippen molar-refractivity contribution in [2.24, 2.45) is 5.10 Å². The number of nitrogens with zero attached hydrogens (tertiary/aromatic N) is 2. The van der Waals surface area contributed by atoms with Crippen LogP contribution in [0.3, 0.4) is 0 Å². The Bertz CT molecular complexity index is 1070. The summed E-state index contributed by atoms with van der Waals surface area (Å²) in [6.07, 6.45) is 1.53. The molecular formula is C22H21ClN4O2. The maximum Gasteiger partial charge on any atom is 0.329 e. The molecule has 0 saturated carbocycles. The number of nitrogens with one attached hydrogen (secondary N) is 2. The van der Waals surface area contributed by atoms with E-state index in [2.05, 4.69) is 44.7 Å². The van der Waals surface area contributed by atoms with Gasteiger partial charge < -0.3 is 9.88 Å². The van der Waals surface area contributed by atoms with Crippen molar-refractivity contribution in [1.82, 2.24) is 9.99 Å². The molecule has 148 valence electrons. The van der Waals surface area contributed by atoms with Gasteiger partial charge in [-0.25, -0.2) is 5.43 Å². The van der Waals surface area contributed by atoms with Crippen molar-refractivity contribution >= 4 is 35.3 Å². The second-order valence-corrected chi connectivity index (χ2v) is 7.09. The molecule has 1 heterocycles. The Balaban J connectivity index is 1.66. The van der Waals surface area contributed by atoms with Crippen LogP contribution in [-0.4, -0.2) is 22.6 Å². The van der Waals surface area contributed by atoms with Gasteiger partial charge >= 0.3 is 11.8 Å². The lowest BCUT2D eigenvalue weighted by molar-refractivity contribution is -0.136. The standard InChI is InChI=1S/C22H21ClN4O2/c1-14-4-10-20(11-5-14)27-15(2)12-17(16(27)3)13-24-26-22(29)21(28)25-19-8-6-18(23)7-9-19/h4-13H,1-3H3,(H,25,28)(H,26,29)/b24-13-. The molecule has 2 amide bonds. The molecule has 2 aromatic carbocycles. The largest absolute Gasteiger partial charge is 0.329 e. The summed E-state index contributed by atoms with van der Waals surface area (Å²) in [6.45, 7) is 6.02. The SMILES string of the molecule is Cc1ccc(-n2c(C)cc(/C=N\NC(=O)C(=O)Nc3ccc(Cl)cc3)c2C)cc1. The Hall–Kier alpha value is -3.38. The fourth-order valence-electron chi connectivity index (χ4n) is 2.94. The van der Waals surface area contributed by atoms with Crippen LogP contribution >= 0.6 is 11.6 Å². The first-order valence-electron chi connectivity index (χ1n) is 9.01. The number of hydrogen-bond acceptors (Lipinski definition) is 3. The van der Waals surface area contributed by atoms with E-state index < -0.39 is 11.8 Å². The molecule has 2 N–H and O–H groups in total. The van der Waals surface area contributed by atoms with Crippen molar-refractivity contribution in [2.45, 2.75) is 20.8 Å². The van der Waals surface area contributed by atoms with Gasteiger partial charge in [-0.3, -0.25) is 9.59 Å². The zero-order chi connectivity index (χ0) is 21.0. The van der Waals surface area contributed by atoms with Crippen LogP contribution in [0.4, 0.5) is 5.69 Å². The maximum absolute atomic E-state index is 11.9. The van der Waals surface area contributed by atoms with Crippen LogP contribution in [0.2, 0.25) is 5.02 Å². The van der Waals surface area contributed by atoms with Crippen molar-refractivity contribution in [3.8, 4) is 5.69 Å². The highest BCUT2D eigenvalue weighted by molar-refractivity contribution is 6.39. The Morgan fingerprint density at radius 1 is 0.966 bits per heavy atom. The molecule has 29 heavy (non-hydrogen) atoms. The number of carbonyl (C=O) groups excluding carboxylic acids is 2. The number of hydrazone groups is 1. The molecule has 0 aliphatic rings. The maximum atomic E-state index is 11.9. The zero-order valence-corrected chi connectivity index (χ0v) is 17.1. The first-order valence-corrected chi connectivity index (χ1v) is 9.39. The number of carbonyl (C=O) groups is 2. The van der Waals surface area contributed by atoms with E-state index in [4.69, 9.17) is 11.6 Å². The minimum atomic E-state index is -0.858. The number of rotatable bonds is 4. The minimum absolute atomic E-state index is 0.472. The van der Waals surface area contributed by atoms with E-state index in [1.54, 1.807) is 24.3 Å². The van der Waals surface area contributed by atoms with Gasteiger partial charge in [0.15, 0.2) is 0 Å². The number of aromatic nitrogens is 1. The minimum Gasteiger partial charge on any atom is -0.318 e. The third kappa shape index (κ3) is 4.92. The molecule has 0 radical (unpaired) electrons. The van der Waals surface area contributed by atoms with Crippen LogP contribution in [0, 0.1) is 20.8 Å². The number of benzene rings is 2. The van der Waals surface area contributed by atoms with Crippen molar-refractivity contribution in [2.75, 3.05) is 5.32 Å². The smallest absolute Gasteiger partial charge is 0.318 e. The topological polar surface area (TPSA) is 75.5 Å². The number of aryl methyl sites for hydroxylation is 2. The lowest BCUT2D eigenvalue weighted by Gasteiger charge is -2.09. The summed E-state index contributed by atoms with van der Waals surface area (Å²) < 4.78 is 2.11. The van der Waals surface area contributed by atoms with Crippen LogP contribution in [-0.2, 0) is 9.59 Å². The lowest BCUT2D eigenvalue weighted by Crippen LogP contribution is -2.32. The number of amides is 2. The quantitative estimate of drug-likeness (QED) is 0.386. The van der Waals surface area contributed by atoms with Gasteiger partial charge in [-0.1, -0.05) is 29.3 Å². The first kappa shape index (κ1) is 20.4. The third-order valence-electron chi connectivity index (χ3n) is 4.44. The average molecular weight is 409 g/mol. The Kier molecular flexibility index (Phi) is 6.14. The molecule has 6 nitrogen and oxygen atoms in total. The van der Waals surface area contributed by atoms with Gasteiger partial charge in [-0.2, -0.15) is 5.10 Å². The molecule has 0 bridgehead atoms. The van der Waals surface area contributed by atoms with E-state index in [0.717, 1.165) is 22.6 Å². The van der Waals surface area contributed by atoms with Gasteiger partial charge in [-0.05, 0) is 63.2 Å². The van der Waals surface area contributed by atoms with Crippen LogP contribution < -0.4 is 10.7 Å². The second kappa shape index (κ2) is 8.75. The molecule has 3 aromatic rings. The normalized spacial score (nSPS) is 10.9. The molecule has 0 spiro atoms. The van der Waals surface area contributed by atoms with Gasteiger partial charge in [0, 0.05) is 33.3 Å². The van der Waals surface area contributed by atoms with Crippen LogP contribution in [0.15, 0.2) is 59.7 Å². The first-order chi connectivity index (χ1) is 13.8. The van der Waals surface area contributed by atoms with Crippen LogP contribution in [0.25, 0.3) is 5.69 Å². The van der Waals surface area contributed by atoms with Crippen molar-refractivity contribution in [1.29, 1.82) is 0 Å². The zero-order valence-electron chi connectivity index (χ0n) is 16.4. The van der Waals surface area contributed by atoms with Crippen molar-refractivity contribution in [3.05, 3.63) is 82.1 Å². The highest BCUT2D eigenvalue weighted by Gasteiger charge is 2.13. The summed E-state index contributed by atoms with van der Waals surface area (Å²) in [5.41, 5.74) is 7.84. The molecule has 0 aliphatic heterocycles. The average Bonchev–Trinajstić information content (AvgIpc) is 2.97. The molecule has 0 aliphatic carbocycles. The predicted molar refractivity (Wildman–Crippen MR) is 116 cm³/mol. The second-order valence-electron chi connectivity index (χ2n) is 6.66. The highest BCUT2D eigenvalue weighted by Crippen LogP contribution is 2.20. The fraction of sp³-hybridized carbons (Fsp3) is 0.136. The third-order valence-corrected chi connectivity index (χ3v) is 4.69. The van der Waals surface area contributed by atoms with Gasteiger partial charge in [0.25, 0.3) is 0 Å². The number of halogens is 1. The van der Waals surface area contributed by atoms with E-state index in [0.29, 0.717) is 10.7 Å². The summed E-state index contributed by atoms with van der Waals surface area (Å²) in [4.78, 5) is 23.9. The molecule has 0 atom stereocenters. The summed E-state index contributed by atoms with van der Waals surface area (Å²) >= 11 is 5.80. The molecule has 0 fully saturated rings. The predicted octanol–water partition coefficient (Wildman–Crippen LogP) is 4.14. The van der Waals surface area contributed by atoms with Crippen LogP contribution in [0.1, 0.15) is 22.5 Å². The summed E-state index contributed by atoms with van der Waals surface area (Å²) in [6, 6.07) is 16.7. The molecular weight excluding hydrogens is 388 g/mol. The summed E-state index contributed by atoms with van der Waals surface area (Å²) in [5.74, 6) is -1.67. The van der Waals surface area contributed by atoms with E-state index in [-0.39, 0.29) is 0 Å². The van der Waals surface area contributed by atoms with E-state index in [1.807, 2.05) is 26.8 Å². The van der Waals surface area contributed by atoms with Gasteiger partial charge in [-0.15, -0.1) is 0 Å². The fourth-order valence-corrected chi connectivity index (χ4v) is 3.07. The van der Waals surface area contributed by atoms with E-state index in [1.165, 1.54) is 11.8 Å². The van der Waals surface area contributed by atoms with Gasteiger partial charge in [0.2, 0.25) is 0 Å². The van der Waals surface area contributed by atoms with Gasteiger partial charge in [0.1, 0.15) is 0 Å².